The third-order valence-electron chi connectivity index (χ3n) is 4.21. The Morgan fingerprint density at radius 2 is 1.83 bits per heavy atom. The largest absolute Gasteiger partial charge is 0.244 e. The van der Waals surface area contributed by atoms with E-state index in [9.17, 15) is 8.42 Å². The van der Waals surface area contributed by atoms with Crippen molar-refractivity contribution in [1.29, 1.82) is 0 Å². The fraction of sp³-hybridized carbons (Fsp3) is 0.222. The van der Waals surface area contributed by atoms with Crippen molar-refractivity contribution >= 4 is 32.1 Å². The van der Waals surface area contributed by atoms with Crippen molar-refractivity contribution in [3.8, 4) is 0 Å². The van der Waals surface area contributed by atoms with E-state index in [1.165, 1.54) is 0 Å². The second-order valence-electron chi connectivity index (χ2n) is 5.89. The highest BCUT2D eigenvalue weighted by molar-refractivity contribution is 7.89. The van der Waals surface area contributed by atoms with Crippen LogP contribution in [-0.2, 0) is 16.6 Å². The summed E-state index contributed by atoms with van der Waals surface area (Å²) in [6, 6.07) is 15.3. The number of sulfonamides is 1. The summed E-state index contributed by atoms with van der Waals surface area (Å²) in [5.41, 5.74) is 1.06. The van der Waals surface area contributed by atoms with E-state index in [0.717, 1.165) is 29.2 Å². The van der Waals surface area contributed by atoms with E-state index in [2.05, 4.69) is 0 Å². The Labute approximate surface area is 140 Å². The fourth-order valence-corrected chi connectivity index (χ4v) is 5.43. The highest BCUT2D eigenvalue weighted by atomic mass is 32.2. The van der Waals surface area contributed by atoms with Gasteiger partial charge in [0.25, 0.3) is 0 Å². The molecule has 0 saturated heterocycles. The maximum absolute atomic E-state index is 13.3. The van der Waals surface area contributed by atoms with E-state index >= 15 is 0 Å². The van der Waals surface area contributed by atoms with E-state index < -0.39 is 10.0 Å². The van der Waals surface area contributed by atoms with Crippen LogP contribution in [0.5, 0.6) is 0 Å². The number of thiophene rings is 1. The lowest BCUT2D eigenvalue weighted by Gasteiger charge is -2.22. The maximum Gasteiger partial charge on any atom is 0.244 e. The Morgan fingerprint density at radius 1 is 1.04 bits per heavy atom. The molecule has 0 unspecified atom stereocenters. The first-order valence-corrected chi connectivity index (χ1v) is 10.1. The smallest absolute Gasteiger partial charge is 0.207 e. The Hall–Kier alpha value is -1.69. The summed E-state index contributed by atoms with van der Waals surface area (Å²) in [5, 5.41) is 5.77. The van der Waals surface area contributed by atoms with Gasteiger partial charge in [0.2, 0.25) is 10.0 Å². The van der Waals surface area contributed by atoms with Crippen LogP contribution in [0.25, 0.3) is 10.8 Å². The second kappa shape index (κ2) is 5.74. The van der Waals surface area contributed by atoms with Crippen molar-refractivity contribution < 1.29 is 8.42 Å². The molecule has 3 nitrogen and oxygen atoms in total. The molecule has 1 aliphatic rings. The number of fused-ring (bicyclic) bond motifs is 1. The normalized spacial score (nSPS) is 15.3. The molecule has 2 aromatic carbocycles. The van der Waals surface area contributed by atoms with Gasteiger partial charge in [-0.25, -0.2) is 8.42 Å². The first-order chi connectivity index (χ1) is 11.2. The first kappa shape index (κ1) is 14.9. The Balaban J connectivity index is 1.80. The van der Waals surface area contributed by atoms with Gasteiger partial charge in [-0.2, -0.15) is 15.6 Å². The minimum Gasteiger partial charge on any atom is -0.207 e. The molecule has 118 valence electrons. The predicted molar refractivity (Wildman–Crippen MR) is 94.0 cm³/mol. The van der Waals surface area contributed by atoms with E-state index in [4.69, 9.17) is 0 Å². The third-order valence-corrected chi connectivity index (χ3v) is 6.90. The monoisotopic (exact) mass is 343 g/mol. The molecular formula is C18H17NO2S2. The van der Waals surface area contributed by atoms with Crippen LogP contribution in [-0.4, -0.2) is 18.8 Å². The van der Waals surface area contributed by atoms with E-state index in [0.29, 0.717) is 11.4 Å². The zero-order valence-corrected chi connectivity index (χ0v) is 14.2. The maximum atomic E-state index is 13.3. The van der Waals surface area contributed by atoms with Gasteiger partial charge in [0.15, 0.2) is 0 Å². The van der Waals surface area contributed by atoms with Crippen LogP contribution in [0.15, 0.2) is 64.2 Å². The molecule has 3 aromatic rings. The SMILES string of the molecule is O=S(=O)(c1cccc2ccccc12)N(Cc1ccsc1)C1CC1. The van der Waals surface area contributed by atoms with Gasteiger partial charge in [-0.15, -0.1) is 0 Å². The molecule has 0 atom stereocenters. The van der Waals surface area contributed by atoms with E-state index in [-0.39, 0.29) is 6.04 Å². The number of nitrogens with zero attached hydrogens (tertiary/aromatic N) is 1. The van der Waals surface area contributed by atoms with Crippen molar-refractivity contribution in [2.24, 2.45) is 0 Å². The van der Waals surface area contributed by atoms with E-state index in [1.807, 2.05) is 53.2 Å². The minimum absolute atomic E-state index is 0.138. The molecule has 0 bridgehead atoms. The van der Waals surface area contributed by atoms with Crippen LogP contribution in [0, 0.1) is 0 Å². The number of rotatable bonds is 5. The summed E-state index contributed by atoms with van der Waals surface area (Å²) >= 11 is 1.60. The molecule has 0 spiro atoms. The molecule has 1 aliphatic carbocycles. The zero-order valence-electron chi connectivity index (χ0n) is 12.6. The summed E-state index contributed by atoms with van der Waals surface area (Å²) in [6.07, 6.45) is 1.91. The summed E-state index contributed by atoms with van der Waals surface area (Å²) in [6.45, 7) is 0.458. The van der Waals surface area contributed by atoms with Crippen LogP contribution < -0.4 is 0 Å². The van der Waals surface area contributed by atoms with Crippen molar-refractivity contribution in [2.45, 2.75) is 30.3 Å². The fourth-order valence-electron chi connectivity index (χ4n) is 2.88. The molecule has 1 heterocycles. The van der Waals surface area contributed by atoms with Crippen molar-refractivity contribution in [2.75, 3.05) is 0 Å². The molecule has 4 rings (SSSR count). The topological polar surface area (TPSA) is 37.4 Å². The molecule has 0 amide bonds. The predicted octanol–water partition coefficient (Wildman–Crippen LogP) is 4.25. The lowest BCUT2D eigenvalue weighted by atomic mass is 10.1. The van der Waals surface area contributed by atoms with Gasteiger partial charge < -0.3 is 0 Å². The standard InChI is InChI=1S/C18H17NO2S2/c20-23(21,18-7-3-5-15-4-1-2-6-17(15)18)19(16-8-9-16)12-14-10-11-22-13-14/h1-7,10-11,13,16H,8-9,12H2. The van der Waals surface area contributed by atoms with Gasteiger partial charge in [0.1, 0.15) is 0 Å². The average Bonchev–Trinajstić information content (AvgIpc) is 3.27. The van der Waals surface area contributed by atoms with Crippen molar-refractivity contribution in [3.63, 3.8) is 0 Å². The highest BCUT2D eigenvalue weighted by Crippen LogP contribution is 2.35. The third kappa shape index (κ3) is 2.80. The summed E-state index contributed by atoms with van der Waals surface area (Å²) < 4.78 is 28.2. The van der Waals surface area contributed by atoms with Crippen molar-refractivity contribution in [1.82, 2.24) is 4.31 Å². The Kier molecular flexibility index (Phi) is 3.71. The van der Waals surface area contributed by atoms with E-state index in [1.54, 1.807) is 21.7 Å². The van der Waals surface area contributed by atoms with Crippen molar-refractivity contribution in [3.05, 3.63) is 64.9 Å². The number of benzene rings is 2. The Bertz CT molecular complexity index is 923. The number of hydrogen-bond acceptors (Lipinski definition) is 3. The van der Waals surface area contributed by atoms with Gasteiger partial charge in [-0.3, -0.25) is 0 Å². The van der Waals surface area contributed by atoms with Crippen LogP contribution >= 0.6 is 11.3 Å². The summed E-state index contributed by atoms with van der Waals surface area (Å²) in [5.74, 6) is 0. The molecular weight excluding hydrogens is 326 g/mol. The van der Waals surface area contributed by atoms with Gasteiger partial charge in [-0.05, 0) is 46.7 Å². The zero-order chi connectivity index (χ0) is 15.9. The quantitative estimate of drug-likeness (QED) is 0.694. The molecule has 1 aromatic heterocycles. The highest BCUT2D eigenvalue weighted by Gasteiger charge is 2.38. The van der Waals surface area contributed by atoms with Gasteiger partial charge >= 0.3 is 0 Å². The lowest BCUT2D eigenvalue weighted by molar-refractivity contribution is 0.399. The molecule has 1 saturated carbocycles. The van der Waals surface area contributed by atoms with Crippen LogP contribution in [0.3, 0.4) is 0 Å². The van der Waals surface area contributed by atoms with Crippen LogP contribution in [0.4, 0.5) is 0 Å². The van der Waals surface area contributed by atoms with Gasteiger partial charge in [0.05, 0.1) is 4.90 Å². The lowest BCUT2D eigenvalue weighted by Crippen LogP contribution is -2.32. The molecule has 0 radical (unpaired) electrons. The molecule has 1 fully saturated rings. The molecule has 0 aliphatic heterocycles. The molecule has 5 heteroatoms. The average molecular weight is 343 g/mol. The molecule has 23 heavy (non-hydrogen) atoms. The van der Waals surface area contributed by atoms with Crippen LogP contribution in [0.2, 0.25) is 0 Å². The number of hydrogen-bond donors (Lipinski definition) is 0. The minimum atomic E-state index is -3.50. The second-order valence-corrected chi connectivity index (χ2v) is 8.53. The van der Waals surface area contributed by atoms with Crippen LogP contribution in [0.1, 0.15) is 18.4 Å². The Morgan fingerprint density at radius 3 is 2.57 bits per heavy atom. The van der Waals surface area contributed by atoms with Gasteiger partial charge in [0, 0.05) is 18.0 Å². The first-order valence-electron chi connectivity index (χ1n) is 7.67. The van der Waals surface area contributed by atoms with Gasteiger partial charge in [-0.1, -0.05) is 36.4 Å². The summed E-state index contributed by atoms with van der Waals surface area (Å²) in [4.78, 5) is 0.415. The summed E-state index contributed by atoms with van der Waals surface area (Å²) in [7, 11) is -3.50. The molecule has 0 N–H and O–H groups in total.